The molecule has 170 valence electrons. The minimum absolute atomic E-state index is 0.111. The summed E-state index contributed by atoms with van der Waals surface area (Å²) >= 11 is 6.53. The summed E-state index contributed by atoms with van der Waals surface area (Å²) in [5.41, 5.74) is 0.812. The molecule has 2 heterocycles. The van der Waals surface area contributed by atoms with Gasteiger partial charge in [-0.3, -0.25) is 14.5 Å². The third kappa shape index (κ3) is 5.10. The molecule has 2 amide bonds. The molecule has 0 atom stereocenters. The van der Waals surface area contributed by atoms with Crippen LogP contribution in [0.1, 0.15) is 28.8 Å². The first-order chi connectivity index (χ1) is 15.8. The van der Waals surface area contributed by atoms with Crippen molar-refractivity contribution in [2.45, 2.75) is 12.8 Å². The molecule has 0 bridgehead atoms. The number of carboxylic acid groups (broad SMARTS) is 1. The number of phenols is 1. The molecule has 1 saturated heterocycles. The normalized spacial score (nSPS) is 15.9. The number of ether oxygens (including phenoxy) is 2. The van der Waals surface area contributed by atoms with Gasteiger partial charge in [0.15, 0.2) is 11.5 Å². The molecule has 2 aromatic rings. The van der Waals surface area contributed by atoms with Crippen LogP contribution in [0.3, 0.4) is 0 Å². The van der Waals surface area contributed by atoms with Gasteiger partial charge < -0.3 is 25.0 Å². The molecule has 2 aromatic carbocycles. The lowest BCUT2D eigenvalue weighted by atomic mass is 10.1. The van der Waals surface area contributed by atoms with E-state index in [4.69, 9.17) is 26.8 Å². The van der Waals surface area contributed by atoms with Crippen molar-refractivity contribution in [2.24, 2.45) is 0 Å². The lowest BCUT2D eigenvalue weighted by molar-refractivity contribution is -0.122. The molecule has 0 aromatic heterocycles. The Bertz CT molecular complexity index is 1200. The number of carbonyl (C=O) groups is 3. The second-order valence-corrected chi connectivity index (χ2v) is 8.81. The van der Waals surface area contributed by atoms with E-state index < -0.39 is 11.7 Å². The number of nitrogens with zero attached hydrogens (tertiary/aromatic N) is 1. The van der Waals surface area contributed by atoms with Gasteiger partial charge in [0.05, 0.1) is 4.91 Å². The van der Waals surface area contributed by atoms with Gasteiger partial charge in [0.2, 0.25) is 12.7 Å². The second-order valence-electron chi connectivity index (χ2n) is 7.13. The Balaban J connectivity index is 1.31. The standard InChI is InChI=1S/C22H18N2O7S2/c25-15-10-13(4-5-14(15)21(28)29)23-19(26)2-1-7-24-20(27)18(33-22(24)32)9-12-3-6-16-17(8-12)31-11-30-16/h3-6,8-10,25H,1-2,7,11H2,(H,23,26)(H,28,29)/b18-9+. The fourth-order valence-electron chi connectivity index (χ4n) is 3.26. The van der Waals surface area contributed by atoms with Gasteiger partial charge in [-0.05, 0) is 42.3 Å². The number of amides is 2. The first kappa shape index (κ1) is 22.6. The number of thiocarbonyl (C=S) groups is 1. The third-order valence-electron chi connectivity index (χ3n) is 4.87. The van der Waals surface area contributed by atoms with Crippen LogP contribution in [0.5, 0.6) is 17.2 Å². The number of rotatable bonds is 7. The van der Waals surface area contributed by atoms with Gasteiger partial charge in [-0.1, -0.05) is 30.0 Å². The molecule has 0 saturated carbocycles. The van der Waals surface area contributed by atoms with Crippen molar-refractivity contribution in [1.29, 1.82) is 0 Å². The fourth-order valence-corrected chi connectivity index (χ4v) is 4.57. The van der Waals surface area contributed by atoms with Crippen LogP contribution in [-0.2, 0) is 9.59 Å². The van der Waals surface area contributed by atoms with E-state index in [-0.39, 0.29) is 42.8 Å². The molecule has 4 rings (SSSR count). The van der Waals surface area contributed by atoms with Crippen LogP contribution < -0.4 is 14.8 Å². The van der Waals surface area contributed by atoms with Gasteiger partial charge in [0.1, 0.15) is 15.6 Å². The SMILES string of the molecule is O=C(CCCN1C(=O)/C(=C\c2ccc3c(c2)OCO3)SC1=S)Nc1ccc(C(=O)O)c(O)c1. The number of carbonyl (C=O) groups excluding carboxylic acids is 2. The molecule has 1 fully saturated rings. The Hall–Kier alpha value is -3.57. The Kier molecular flexibility index (Phi) is 6.52. The fraction of sp³-hybridized carbons (Fsp3) is 0.182. The summed E-state index contributed by atoms with van der Waals surface area (Å²) in [6, 6.07) is 9.17. The molecule has 33 heavy (non-hydrogen) atoms. The van der Waals surface area contributed by atoms with Crippen molar-refractivity contribution >= 4 is 57.8 Å². The largest absolute Gasteiger partial charge is 0.507 e. The van der Waals surface area contributed by atoms with Gasteiger partial charge in [0.25, 0.3) is 5.91 Å². The first-order valence-electron chi connectivity index (χ1n) is 9.83. The highest BCUT2D eigenvalue weighted by Crippen LogP contribution is 2.36. The lowest BCUT2D eigenvalue weighted by Gasteiger charge is -2.14. The molecular formula is C22H18N2O7S2. The number of fused-ring (bicyclic) bond motifs is 1. The van der Waals surface area contributed by atoms with E-state index in [9.17, 15) is 19.5 Å². The smallest absolute Gasteiger partial charge is 0.339 e. The van der Waals surface area contributed by atoms with E-state index in [2.05, 4.69) is 5.32 Å². The van der Waals surface area contributed by atoms with E-state index in [0.717, 1.165) is 5.56 Å². The zero-order chi connectivity index (χ0) is 23.5. The molecule has 0 unspecified atom stereocenters. The molecule has 9 nitrogen and oxygen atoms in total. The summed E-state index contributed by atoms with van der Waals surface area (Å²) in [5.74, 6) is -0.980. The number of anilines is 1. The number of carboxylic acids is 1. The average molecular weight is 487 g/mol. The monoisotopic (exact) mass is 486 g/mol. The van der Waals surface area contributed by atoms with Gasteiger partial charge in [-0.15, -0.1) is 0 Å². The van der Waals surface area contributed by atoms with Gasteiger partial charge >= 0.3 is 5.97 Å². The molecular weight excluding hydrogens is 468 g/mol. The van der Waals surface area contributed by atoms with Gasteiger partial charge in [-0.25, -0.2) is 4.79 Å². The highest BCUT2D eigenvalue weighted by Gasteiger charge is 2.31. The molecule has 0 aliphatic carbocycles. The van der Waals surface area contributed by atoms with Crippen molar-refractivity contribution in [3.8, 4) is 17.2 Å². The lowest BCUT2D eigenvalue weighted by Crippen LogP contribution is -2.29. The Labute approximate surface area is 198 Å². The van der Waals surface area contributed by atoms with Crippen LogP contribution in [0.15, 0.2) is 41.3 Å². The molecule has 3 N–H and O–H groups in total. The van der Waals surface area contributed by atoms with Crippen molar-refractivity contribution in [3.63, 3.8) is 0 Å². The first-order valence-corrected chi connectivity index (χ1v) is 11.1. The summed E-state index contributed by atoms with van der Waals surface area (Å²) < 4.78 is 11.1. The van der Waals surface area contributed by atoms with Crippen molar-refractivity contribution in [3.05, 3.63) is 52.4 Å². The third-order valence-corrected chi connectivity index (χ3v) is 6.24. The second kappa shape index (κ2) is 9.51. The van der Waals surface area contributed by atoms with Crippen LogP contribution in [0, 0.1) is 0 Å². The highest BCUT2D eigenvalue weighted by atomic mass is 32.2. The number of aromatic hydroxyl groups is 1. The van der Waals surface area contributed by atoms with E-state index in [1.165, 1.54) is 34.9 Å². The number of aromatic carboxylic acids is 1. The zero-order valence-electron chi connectivity index (χ0n) is 17.1. The number of hydrogen-bond donors (Lipinski definition) is 3. The van der Waals surface area contributed by atoms with Crippen molar-refractivity contribution < 1.29 is 34.1 Å². The molecule has 2 aliphatic rings. The van der Waals surface area contributed by atoms with Crippen LogP contribution in [-0.4, -0.2) is 50.6 Å². The highest BCUT2D eigenvalue weighted by molar-refractivity contribution is 8.26. The Morgan fingerprint density at radius 3 is 2.73 bits per heavy atom. The van der Waals surface area contributed by atoms with E-state index in [0.29, 0.717) is 27.1 Å². The summed E-state index contributed by atoms with van der Waals surface area (Å²) in [6.07, 6.45) is 2.22. The molecule has 0 spiro atoms. The predicted octanol–water partition coefficient (Wildman–Crippen LogP) is 3.44. The summed E-state index contributed by atoms with van der Waals surface area (Å²) in [7, 11) is 0. The molecule has 2 aliphatic heterocycles. The minimum atomic E-state index is -1.26. The Morgan fingerprint density at radius 2 is 1.97 bits per heavy atom. The van der Waals surface area contributed by atoms with E-state index >= 15 is 0 Å². The maximum atomic E-state index is 12.8. The van der Waals surface area contributed by atoms with Crippen molar-refractivity contribution in [1.82, 2.24) is 4.90 Å². The quantitative estimate of drug-likeness (QED) is 0.399. The van der Waals surface area contributed by atoms with Gasteiger partial charge in [0, 0.05) is 24.7 Å². The van der Waals surface area contributed by atoms with Gasteiger partial charge in [-0.2, -0.15) is 0 Å². The maximum Gasteiger partial charge on any atom is 0.339 e. The van der Waals surface area contributed by atoms with E-state index in [1.54, 1.807) is 18.2 Å². The summed E-state index contributed by atoms with van der Waals surface area (Å²) in [5, 5.41) is 21.2. The van der Waals surface area contributed by atoms with Crippen LogP contribution in [0.4, 0.5) is 5.69 Å². The minimum Gasteiger partial charge on any atom is -0.507 e. The predicted molar refractivity (Wildman–Crippen MR) is 125 cm³/mol. The number of benzene rings is 2. The van der Waals surface area contributed by atoms with E-state index in [1.807, 2.05) is 6.07 Å². The average Bonchev–Trinajstić information content (AvgIpc) is 3.33. The van der Waals surface area contributed by atoms with Crippen molar-refractivity contribution in [2.75, 3.05) is 18.7 Å². The Morgan fingerprint density at radius 1 is 1.18 bits per heavy atom. The zero-order valence-corrected chi connectivity index (χ0v) is 18.7. The summed E-state index contributed by atoms with van der Waals surface area (Å²) in [4.78, 5) is 37.8. The van der Waals surface area contributed by atoms with Crippen LogP contribution >= 0.6 is 24.0 Å². The summed E-state index contributed by atoms with van der Waals surface area (Å²) in [6.45, 7) is 0.447. The number of nitrogens with one attached hydrogen (secondary N) is 1. The number of hydrogen-bond acceptors (Lipinski definition) is 8. The molecule has 0 radical (unpaired) electrons. The van der Waals surface area contributed by atoms with Crippen LogP contribution in [0.25, 0.3) is 6.08 Å². The van der Waals surface area contributed by atoms with Crippen LogP contribution in [0.2, 0.25) is 0 Å². The molecule has 11 heteroatoms. The number of thioether (sulfide) groups is 1. The topological polar surface area (TPSA) is 125 Å². The maximum absolute atomic E-state index is 12.8.